The molecule has 0 amide bonds. The predicted molar refractivity (Wildman–Crippen MR) is 36.4 cm³/mol. The fraction of sp³-hybridized carbons (Fsp3) is 1.00. The molecule has 2 heteroatoms. The van der Waals surface area contributed by atoms with E-state index in [-0.39, 0.29) is 0 Å². The number of ether oxygens (including phenoxy) is 1. The van der Waals surface area contributed by atoms with Gasteiger partial charge in [0.05, 0.1) is 18.6 Å². The number of epoxide rings is 1. The summed E-state index contributed by atoms with van der Waals surface area (Å²) in [4.78, 5) is 0. The summed E-state index contributed by atoms with van der Waals surface area (Å²) < 4.78 is 4.73. The zero-order valence-corrected chi connectivity index (χ0v) is 6.24. The van der Waals surface area contributed by atoms with Crippen molar-refractivity contribution in [1.82, 2.24) is 0 Å². The molecular formula is C6H13ClO. The predicted octanol–water partition coefficient (Wildman–Crippen LogP) is 2.04. The Labute approximate surface area is 56.0 Å². The SMILES string of the molecule is CCC.ClCC1CO1. The quantitative estimate of drug-likeness (QED) is 0.397. The molecule has 8 heavy (non-hydrogen) atoms. The highest BCUT2D eigenvalue weighted by Gasteiger charge is 2.19. The Morgan fingerprint density at radius 3 is 2.00 bits per heavy atom. The molecule has 1 fully saturated rings. The molecule has 50 valence electrons. The van der Waals surface area contributed by atoms with Crippen LogP contribution < -0.4 is 0 Å². The molecule has 0 aromatic heterocycles. The minimum Gasteiger partial charge on any atom is -0.372 e. The van der Waals surface area contributed by atoms with Crippen LogP contribution in [-0.2, 0) is 4.74 Å². The molecular weight excluding hydrogens is 124 g/mol. The Bertz CT molecular complexity index is 43.8. The van der Waals surface area contributed by atoms with Crippen molar-refractivity contribution in [3.8, 4) is 0 Å². The Morgan fingerprint density at radius 2 is 2.00 bits per heavy atom. The van der Waals surface area contributed by atoms with Crippen molar-refractivity contribution in [2.24, 2.45) is 0 Å². The highest BCUT2D eigenvalue weighted by Crippen LogP contribution is 2.08. The van der Waals surface area contributed by atoms with Gasteiger partial charge in [-0.3, -0.25) is 0 Å². The second-order valence-corrected chi connectivity index (χ2v) is 2.13. The molecule has 0 saturated carbocycles. The summed E-state index contributed by atoms with van der Waals surface area (Å²) in [5, 5.41) is 0. The molecule has 1 atom stereocenters. The van der Waals surface area contributed by atoms with Crippen LogP contribution in [-0.4, -0.2) is 18.6 Å². The zero-order chi connectivity index (χ0) is 6.41. The Kier molecular flexibility index (Phi) is 5.56. The highest BCUT2D eigenvalue weighted by molar-refractivity contribution is 6.18. The highest BCUT2D eigenvalue weighted by atomic mass is 35.5. The van der Waals surface area contributed by atoms with Crippen LogP contribution >= 0.6 is 11.6 Å². The molecule has 1 unspecified atom stereocenters. The van der Waals surface area contributed by atoms with Gasteiger partial charge in [0.15, 0.2) is 0 Å². The zero-order valence-electron chi connectivity index (χ0n) is 5.48. The van der Waals surface area contributed by atoms with Gasteiger partial charge in [-0.2, -0.15) is 0 Å². The first-order valence-corrected chi connectivity index (χ1v) is 3.56. The summed E-state index contributed by atoms with van der Waals surface area (Å²) in [6, 6.07) is 0. The third kappa shape index (κ3) is 6.25. The summed E-state index contributed by atoms with van der Waals surface area (Å²) in [6.07, 6.45) is 1.65. The molecule has 1 nitrogen and oxygen atoms in total. The van der Waals surface area contributed by atoms with Gasteiger partial charge in [0.1, 0.15) is 0 Å². The Hall–Kier alpha value is 0.250. The fourth-order valence-electron chi connectivity index (χ4n) is 0.157. The minimum absolute atomic E-state index is 0.400. The lowest BCUT2D eigenvalue weighted by Gasteiger charge is -1.67. The molecule has 0 aliphatic carbocycles. The Morgan fingerprint density at radius 1 is 1.62 bits per heavy atom. The van der Waals surface area contributed by atoms with E-state index in [1.807, 2.05) is 0 Å². The summed E-state index contributed by atoms with van der Waals surface area (Å²) in [5.74, 6) is 0.667. The average Bonchev–Trinajstić information content (AvgIpc) is 2.48. The summed E-state index contributed by atoms with van der Waals surface area (Å²) in [6.45, 7) is 5.13. The van der Waals surface area contributed by atoms with Crippen LogP contribution in [0.5, 0.6) is 0 Å². The first-order valence-electron chi connectivity index (χ1n) is 3.02. The van der Waals surface area contributed by atoms with Gasteiger partial charge in [0, 0.05) is 0 Å². The molecule has 1 saturated heterocycles. The van der Waals surface area contributed by atoms with Crippen molar-refractivity contribution in [2.75, 3.05) is 12.5 Å². The van der Waals surface area contributed by atoms with Crippen LogP contribution in [0.4, 0.5) is 0 Å². The molecule has 1 rings (SSSR count). The van der Waals surface area contributed by atoms with E-state index in [9.17, 15) is 0 Å². The van der Waals surface area contributed by atoms with Gasteiger partial charge in [-0.1, -0.05) is 20.3 Å². The lowest BCUT2D eigenvalue weighted by molar-refractivity contribution is 0.425. The van der Waals surface area contributed by atoms with Crippen molar-refractivity contribution in [3.63, 3.8) is 0 Å². The van der Waals surface area contributed by atoms with Crippen molar-refractivity contribution in [3.05, 3.63) is 0 Å². The first-order chi connectivity index (χ1) is 3.85. The van der Waals surface area contributed by atoms with Gasteiger partial charge in [-0.05, 0) is 0 Å². The van der Waals surface area contributed by atoms with Crippen molar-refractivity contribution >= 4 is 11.6 Å². The molecule has 0 bridgehead atoms. The molecule has 1 aliphatic heterocycles. The topological polar surface area (TPSA) is 12.5 Å². The number of rotatable bonds is 1. The van der Waals surface area contributed by atoms with E-state index in [4.69, 9.17) is 16.3 Å². The maximum atomic E-state index is 5.27. The maximum Gasteiger partial charge on any atom is 0.0944 e. The smallest absolute Gasteiger partial charge is 0.0944 e. The van der Waals surface area contributed by atoms with E-state index in [1.165, 1.54) is 6.42 Å². The monoisotopic (exact) mass is 136 g/mol. The van der Waals surface area contributed by atoms with Gasteiger partial charge < -0.3 is 4.74 Å². The van der Waals surface area contributed by atoms with Gasteiger partial charge in [-0.15, -0.1) is 11.6 Å². The molecule has 0 aromatic carbocycles. The summed E-state index contributed by atoms with van der Waals surface area (Å²) >= 11 is 5.27. The third-order valence-corrected chi connectivity index (χ3v) is 0.919. The van der Waals surface area contributed by atoms with Crippen LogP contribution in [0.15, 0.2) is 0 Å². The van der Waals surface area contributed by atoms with Crippen LogP contribution in [0.1, 0.15) is 20.3 Å². The third-order valence-electron chi connectivity index (χ3n) is 0.574. The van der Waals surface area contributed by atoms with E-state index >= 15 is 0 Å². The maximum absolute atomic E-state index is 5.27. The van der Waals surface area contributed by atoms with Gasteiger partial charge >= 0.3 is 0 Å². The van der Waals surface area contributed by atoms with E-state index < -0.39 is 0 Å². The van der Waals surface area contributed by atoms with Gasteiger partial charge in [-0.25, -0.2) is 0 Å². The van der Waals surface area contributed by atoms with Crippen molar-refractivity contribution in [2.45, 2.75) is 26.4 Å². The summed E-state index contributed by atoms with van der Waals surface area (Å²) in [7, 11) is 0. The molecule has 1 heterocycles. The van der Waals surface area contributed by atoms with Crippen LogP contribution in [0.3, 0.4) is 0 Å². The number of alkyl halides is 1. The first kappa shape index (κ1) is 8.25. The van der Waals surface area contributed by atoms with Crippen LogP contribution in [0.25, 0.3) is 0 Å². The normalized spacial score (nSPS) is 23.6. The second kappa shape index (κ2) is 5.39. The standard InChI is InChI=1S/C3H5ClO.C3H8/c4-1-3-2-5-3;1-3-2/h3H,1-2H2;3H2,1-2H3. The van der Waals surface area contributed by atoms with E-state index in [0.29, 0.717) is 12.0 Å². The van der Waals surface area contributed by atoms with Crippen molar-refractivity contribution < 1.29 is 4.74 Å². The number of halogens is 1. The van der Waals surface area contributed by atoms with Gasteiger partial charge in [0.2, 0.25) is 0 Å². The summed E-state index contributed by atoms with van der Waals surface area (Å²) in [5.41, 5.74) is 0. The fourth-order valence-corrected chi connectivity index (χ4v) is 0.335. The van der Waals surface area contributed by atoms with Crippen molar-refractivity contribution in [1.29, 1.82) is 0 Å². The molecule has 0 aromatic rings. The van der Waals surface area contributed by atoms with Crippen LogP contribution in [0, 0.1) is 0 Å². The van der Waals surface area contributed by atoms with Crippen LogP contribution in [0.2, 0.25) is 0 Å². The number of hydrogen-bond donors (Lipinski definition) is 0. The Balaban J connectivity index is 0.000000145. The molecule has 1 aliphatic rings. The van der Waals surface area contributed by atoms with E-state index in [1.54, 1.807) is 0 Å². The second-order valence-electron chi connectivity index (χ2n) is 1.82. The minimum atomic E-state index is 0.400. The van der Waals surface area contributed by atoms with E-state index in [0.717, 1.165) is 6.61 Å². The van der Waals surface area contributed by atoms with E-state index in [2.05, 4.69) is 13.8 Å². The molecule has 0 radical (unpaired) electrons. The largest absolute Gasteiger partial charge is 0.372 e. The van der Waals surface area contributed by atoms with Gasteiger partial charge in [0.25, 0.3) is 0 Å². The number of hydrogen-bond acceptors (Lipinski definition) is 1. The lowest BCUT2D eigenvalue weighted by Crippen LogP contribution is -1.80. The lowest BCUT2D eigenvalue weighted by atomic mass is 10.6. The molecule has 0 N–H and O–H groups in total. The average molecular weight is 137 g/mol. The molecule has 0 spiro atoms.